The van der Waals surface area contributed by atoms with Crippen LogP contribution in [0.3, 0.4) is 0 Å². The highest BCUT2D eigenvalue weighted by Crippen LogP contribution is 2.35. The average Bonchev–Trinajstić information content (AvgIpc) is 3.00. The quantitative estimate of drug-likeness (QED) is 0.672. The van der Waals surface area contributed by atoms with Gasteiger partial charge in [-0.05, 0) is 50.5 Å². The number of carbonyl (C=O) groups excluding carboxylic acids is 2. The molecule has 2 atom stereocenters. The van der Waals surface area contributed by atoms with Crippen LogP contribution in [0.25, 0.3) is 5.57 Å². The number of nitrogens with zero attached hydrogens (tertiary/aromatic N) is 2. The zero-order valence-electron chi connectivity index (χ0n) is 19.3. The number of ether oxygens (including phenoxy) is 2. The number of hydrogen-bond acceptors (Lipinski definition) is 5. The summed E-state index contributed by atoms with van der Waals surface area (Å²) >= 11 is 0. The maximum Gasteiger partial charge on any atom is 0.278 e. The van der Waals surface area contributed by atoms with Crippen molar-refractivity contribution in [1.82, 2.24) is 9.80 Å². The molecular weight excluding hydrogens is 404 g/mol. The molecule has 0 N–H and O–H groups in total. The monoisotopic (exact) mass is 434 g/mol. The van der Waals surface area contributed by atoms with Gasteiger partial charge in [-0.3, -0.25) is 14.5 Å². The SMILES string of the molecule is COc1ccccc1CN1C(=O)C(c2ccc(C)c(C)c2)=C(N2CC(C)OC(C)C2)C1=O. The Morgan fingerprint density at radius 1 is 0.969 bits per heavy atom. The molecule has 2 aromatic rings. The molecule has 0 radical (unpaired) electrons. The van der Waals surface area contributed by atoms with Crippen molar-refractivity contribution in [2.75, 3.05) is 20.2 Å². The van der Waals surface area contributed by atoms with Gasteiger partial charge in [-0.2, -0.15) is 0 Å². The number of aryl methyl sites for hydroxylation is 2. The Bertz CT molecular complexity index is 1080. The van der Waals surface area contributed by atoms with Gasteiger partial charge < -0.3 is 14.4 Å². The molecule has 0 spiro atoms. The van der Waals surface area contributed by atoms with Crippen LogP contribution in [0.1, 0.15) is 36.1 Å². The first kappa shape index (κ1) is 22.1. The highest BCUT2D eigenvalue weighted by atomic mass is 16.5. The Morgan fingerprint density at radius 3 is 2.31 bits per heavy atom. The smallest absolute Gasteiger partial charge is 0.278 e. The number of carbonyl (C=O) groups is 2. The predicted molar refractivity (Wildman–Crippen MR) is 123 cm³/mol. The molecule has 1 saturated heterocycles. The van der Waals surface area contributed by atoms with Crippen LogP contribution in [0.15, 0.2) is 48.2 Å². The summed E-state index contributed by atoms with van der Waals surface area (Å²) in [6.45, 7) is 9.33. The zero-order valence-corrected chi connectivity index (χ0v) is 19.3. The minimum Gasteiger partial charge on any atom is -0.496 e. The molecule has 0 bridgehead atoms. The second-order valence-corrected chi connectivity index (χ2v) is 8.69. The van der Waals surface area contributed by atoms with Crippen molar-refractivity contribution in [1.29, 1.82) is 0 Å². The molecule has 2 aliphatic rings. The lowest BCUT2D eigenvalue weighted by molar-refractivity contribution is -0.139. The number of methoxy groups -OCH3 is 1. The number of amides is 2. The number of hydrogen-bond donors (Lipinski definition) is 0. The molecule has 6 nitrogen and oxygen atoms in total. The van der Waals surface area contributed by atoms with Crippen molar-refractivity contribution in [2.24, 2.45) is 0 Å². The van der Waals surface area contributed by atoms with Crippen molar-refractivity contribution < 1.29 is 19.1 Å². The Kier molecular flexibility index (Phi) is 6.07. The van der Waals surface area contributed by atoms with Crippen molar-refractivity contribution in [3.63, 3.8) is 0 Å². The third-order valence-corrected chi connectivity index (χ3v) is 6.20. The minimum atomic E-state index is -0.272. The molecule has 2 aromatic carbocycles. The first-order chi connectivity index (χ1) is 15.3. The predicted octanol–water partition coefficient (Wildman–Crippen LogP) is 3.70. The molecule has 32 heavy (non-hydrogen) atoms. The number of rotatable bonds is 5. The van der Waals surface area contributed by atoms with Crippen molar-refractivity contribution >= 4 is 17.4 Å². The fourth-order valence-corrected chi connectivity index (χ4v) is 4.52. The van der Waals surface area contributed by atoms with Gasteiger partial charge in [0, 0.05) is 18.7 Å². The number of para-hydroxylation sites is 1. The molecule has 4 rings (SSSR count). The van der Waals surface area contributed by atoms with Crippen LogP contribution in [0.5, 0.6) is 5.75 Å². The van der Waals surface area contributed by atoms with E-state index >= 15 is 0 Å². The van der Waals surface area contributed by atoms with Crippen LogP contribution in [0, 0.1) is 13.8 Å². The van der Waals surface area contributed by atoms with Gasteiger partial charge in [-0.1, -0.05) is 36.4 Å². The van der Waals surface area contributed by atoms with E-state index in [1.165, 1.54) is 4.90 Å². The standard InChI is InChI=1S/C26H30N2O4/c1-16-10-11-20(12-17(16)2)23-24(27-13-18(3)32-19(4)14-27)26(30)28(25(23)29)15-21-8-6-7-9-22(21)31-5/h6-12,18-19H,13-15H2,1-5H3. The van der Waals surface area contributed by atoms with E-state index in [2.05, 4.69) is 0 Å². The summed E-state index contributed by atoms with van der Waals surface area (Å²) in [5.74, 6) is 0.115. The fourth-order valence-electron chi connectivity index (χ4n) is 4.52. The molecule has 1 fully saturated rings. The molecule has 2 unspecified atom stereocenters. The van der Waals surface area contributed by atoms with Crippen LogP contribution in [0.4, 0.5) is 0 Å². The maximum absolute atomic E-state index is 13.7. The second-order valence-electron chi connectivity index (χ2n) is 8.69. The van der Waals surface area contributed by atoms with E-state index in [0.29, 0.717) is 30.1 Å². The largest absolute Gasteiger partial charge is 0.496 e. The van der Waals surface area contributed by atoms with Gasteiger partial charge in [0.1, 0.15) is 11.4 Å². The summed E-state index contributed by atoms with van der Waals surface area (Å²) in [6.07, 6.45) is -0.0585. The number of benzene rings is 2. The normalized spacial score (nSPS) is 21.5. The molecule has 0 saturated carbocycles. The maximum atomic E-state index is 13.7. The first-order valence-electron chi connectivity index (χ1n) is 11.0. The third-order valence-electron chi connectivity index (χ3n) is 6.20. The van der Waals surface area contributed by atoms with E-state index in [0.717, 1.165) is 22.3 Å². The third kappa shape index (κ3) is 4.02. The summed E-state index contributed by atoms with van der Waals surface area (Å²) in [6, 6.07) is 13.4. The van der Waals surface area contributed by atoms with Crippen molar-refractivity contribution in [2.45, 2.75) is 46.4 Å². The second kappa shape index (κ2) is 8.79. The number of imide groups is 1. The van der Waals surface area contributed by atoms with Crippen molar-refractivity contribution in [3.8, 4) is 5.75 Å². The fraction of sp³-hybridized carbons (Fsp3) is 0.385. The minimum absolute atomic E-state index is 0.0292. The molecule has 6 heteroatoms. The van der Waals surface area contributed by atoms with E-state index in [-0.39, 0.29) is 30.6 Å². The summed E-state index contributed by atoms with van der Waals surface area (Å²) in [4.78, 5) is 30.7. The lowest BCUT2D eigenvalue weighted by Gasteiger charge is -2.37. The van der Waals surface area contributed by atoms with Crippen LogP contribution >= 0.6 is 0 Å². The Balaban J connectivity index is 1.78. The molecule has 0 aliphatic carbocycles. The van der Waals surface area contributed by atoms with Crippen molar-refractivity contribution in [3.05, 3.63) is 70.4 Å². The van der Waals surface area contributed by atoms with Gasteiger partial charge in [0.15, 0.2) is 0 Å². The summed E-state index contributed by atoms with van der Waals surface area (Å²) < 4.78 is 11.3. The van der Waals surface area contributed by atoms with E-state index in [4.69, 9.17) is 9.47 Å². The van der Waals surface area contributed by atoms with Gasteiger partial charge in [-0.25, -0.2) is 0 Å². The van der Waals surface area contributed by atoms with Gasteiger partial charge >= 0.3 is 0 Å². The molecular formula is C26H30N2O4. The zero-order chi connectivity index (χ0) is 23.0. The average molecular weight is 435 g/mol. The van der Waals surface area contributed by atoms with Gasteiger partial charge in [0.05, 0.1) is 31.4 Å². The summed E-state index contributed by atoms with van der Waals surface area (Å²) in [5, 5.41) is 0. The highest BCUT2D eigenvalue weighted by molar-refractivity contribution is 6.35. The van der Waals surface area contributed by atoms with E-state index in [1.807, 2.05) is 75.1 Å². The summed E-state index contributed by atoms with van der Waals surface area (Å²) in [7, 11) is 1.59. The van der Waals surface area contributed by atoms with Gasteiger partial charge in [-0.15, -0.1) is 0 Å². The lowest BCUT2D eigenvalue weighted by Crippen LogP contribution is -2.46. The van der Waals surface area contributed by atoms with E-state index in [9.17, 15) is 9.59 Å². The first-order valence-corrected chi connectivity index (χ1v) is 11.0. The molecule has 2 heterocycles. The molecule has 2 aliphatic heterocycles. The Labute approximate surface area is 189 Å². The van der Waals surface area contributed by atoms with Crippen LogP contribution in [0.2, 0.25) is 0 Å². The summed E-state index contributed by atoms with van der Waals surface area (Å²) in [5.41, 5.74) is 4.73. The lowest BCUT2D eigenvalue weighted by atomic mass is 9.99. The van der Waals surface area contributed by atoms with Crippen LogP contribution in [-0.2, 0) is 20.9 Å². The van der Waals surface area contributed by atoms with Crippen LogP contribution < -0.4 is 4.74 Å². The van der Waals surface area contributed by atoms with E-state index in [1.54, 1.807) is 7.11 Å². The highest BCUT2D eigenvalue weighted by Gasteiger charge is 2.43. The molecule has 168 valence electrons. The number of morpholine rings is 1. The molecule has 2 amide bonds. The van der Waals surface area contributed by atoms with E-state index < -0.39 is 0 Å². The molecule has 0 aromatic heterocycles. The topological polar surface area (TPSA) is 59.1 Å². The van der Waals surface area contributed by atoms with Gasteiger partial charge in [0.25, 0.3) is 11.8 Å². The Hall–Kier alpha value is -3.12. The Morgan fingerprint density at radius 2 is 1.66 bits per heavy atom. The van der Waals surface area contributed by atoms with Gasteiger partial charge in [0.2, 0.25) is 0 Å². The van der Waals surface area contributed by atoms with Crippen LogP contribution in [-0.4, -0.2) is 54.0 Å².